The maximum absolute atomic E-state index is 8.67. The van der Waals surface area contributed by atoms with Gasteiger partial charge in [-0.25, -0.2) is 20.7 Å². The van der Waals surface area contributed by atoms with Crippen molar-refractivity contribution < 1.29 is 10.4 Å². The first-order valence-electron chi connectivity index (χ1n) is 13.9. The van der Waals surface area contributed by atoms with E-state index in [-0.39, 0.29) is 5.84 Å². The molecule has 0 fully saturated rings. The second-order valence-electron chi connectivity index (χ2n) is 9.77. The zero-order valence-electron chi connectivity index (χ0n) is 24.7. The van der Waals surface area contributed by atoms with Gasteiger partial charge in [0.1, 0.15) is 11.6 Å². The number of oxime groups is 1. The van der Waals surface area contributed by atoms with E-state index in [2.05, 4.69) is 25.9 Å². The van der Waals surface area contributed by atoms with Crippen molar-refractivity contribution in [2.45, 2.75) is 0 Å². The highest BCUT2D eigenvalue weighted by Gasteiger charge is 2.05. The average Bonchev–Trinajstić information content (AvgIpc) is 3.12. The summed E-state index contributed by atoms with van der Waals surface area (Å²) in [6, 6.07) is 30.8. The van der Waals surface area contributed by atoms with Crippen molar-refractivity contribution in [2.24, 2.45) is 16.8 Å². The van der Waals surface area contributed by atoms with E-state index in [0.29, 0.717) is 22.9 Å². The van der Waals surface area contributed by atoms with Gasteiger partial charge >= 0.3 is 0 Å². The molecule has 2 heterocycles. The van der Waals surface area contributed by atoms with Crippen LogP contribution in [0.4, 0.5) is 17.3 Å². The molecule has 6 aromatic rings. The molecule has 0 radical (unpaired) electrons. The van der Waals surface area contributed by atoms with E-state index in [4.69, 9.17) is 34.2 Å². The normalized spacial score (nSPS) is 11.1. The number of nitrogens with two attached hydrogens (primary N) is 4. The Morgan fingerprint density at radius 1 is 0.652 bits per heavy atom. The minimum absolute atomic E-state index is 0.0861. The molecule has 0 bridgehead atoms. The largest absolute Gasteiger partial charge is 0.409 e. The number of hydrogen-bond acceptors (Lipinski definition) is 8. The third kappa shape index (κ3) is 7.89. The number of aromatic nitrogens is 2. The topological polar surface area (TPSA) is 187 Å². The lowest BCUT2D eigenvalue weighted by molar-refractivity contribution is 0.311. The van der Waals surface area contributed by atoms with Gasteiger partial charge in [0.25, 0.3) is 0 Å². The zero-order chi connectivity index (χ0) is 32.9. The number of fused-ring (bicyclic) bond motifs is 2. The Morgan fingerprint density at radius 3 is 1.52 bits per heavy atom. The summed E-state index contributed by atoms with van der Waals surface area (Å²) in [4.78, 5) is 11.8. The molecule has 10 nitrogen and oxygen atoms in total. The molecule has 4 aromatic carbocycles. The highest BCUT2D eigenvalue weighted by atomic mass is 16.4. The first kappa shape index (κ1) is 32.4. The van der Waals surface area contributed by atoms with E-state index in [1.165, 1.54) is 0 Å². The quantitative estimate of drug-likeness (QED) is 0.0398. The van der Waals surface area contributed by atoms with E-state index >= 15 is 0 Å². The van der Waals surface area contributed by atoms with Crippen molar-refractivity contribution in [3.05, 3.63) is 149 Å². The molecule has 0 amide bonds. The Kier molecular flexibility index (Phi) is 11.1. The van der Waals surface area contributed by atoms with Gasteiger partial charge in [-0.15, -0.1) is 0 Å². The first-order valence-corrected chi connectivity index (χ1v) is 13.9. The van der Waals surface area contributed by atoms with Crippen molar-refractivity contribution in [3.8, 4) is 0 Å². The molecule has 10 N–H and O–H groups in total. The Balaban J connectivity index is 0.000000199. The lowest BCUT2D eigenvalue weighted by atomic mass is 10.0. The SMILES string of the molecule is N/C(=N\O)c1ccc(/C=C/c2c(N)ncc3ccccc23)cc1.NO.[C-]#[N+]c1ccc(/C=C/c2c(N)ncc3ccccc23)cc1. The number of pyridine rings is 2. The summed E-state index contributed by atoms with van der Waals surface area (Å²) in [5.74, 6) is 4.60. The van der Waals surface area contributed by atoms with E-state index in [1.54, 1.807) is 36.7 Å². The molecule has 6 rings (SSSR count). The summed E-state index contributed by atoms with van der Waals surface area (Å²) in [5, 5.41) is 22.4. The summed E-state index contributed by atoms with van der Waals surface area (Å²) >= 11 is 0. The van der Waals surface area contributed by atoms with Crippen LogP contribution < -0.4 is 23.1 Å². The molecule has 0 saturated carbocycles. The van der Waals surface area contributed by atoms with Gasteiger partial charge < -0.3 is 27.6 Å². The van der Waals surface area contributed by atoms with Gasteiger partial charge in [-0.2, -0.15) is 0 Å². The minimum atomic E-state index is 0.0861. The van der Waals surface area contributed by atoms with Crippen LogP contribution in [0.5, 0.6) is 0 Å². The number of rotatable bonds is 5. The number of nitrogen functional groups attached to an aromatic ring is 2. The van der Waals surface area contributed by atoms with Crippen molar-refractivity contribution in [3.63, 3.8) is 0 Å². The number of anilines is 2. The molecule has 0 saturated heterocycles. The minimum Gasteiger partial charge on any atom is -0.409 e. The summed E-state index contributed by atoms with van der Waals surface area (Å²) < 4.78 is 0. The Labute approximate surface area is 266 Å². The summed E-state index contributed by atoms with van der Waals surface area (Å²) in [6.45, 7) is 6.95. The maximum atomic E-state index is 8.67. The fourth-order valence-corrected chi connectivity index (χ4v) is 4.60. The molecule has 0 aliphatic carbocycles. The summed E-state index contributed by atoms with van der Waals surface area (Å²) in [7, 11) is 0. The first-order chi connectivity index (χ1) is 22.5. The van der Waals surface area contributed by atoms with Gasteiger partial charge in [0.05, 0.1) is 6.57 Å². The maximum Gasteiger partial charge on any atom is 0.187 e. The molecule has 228 valence electrons. The van der Waals surface area contributed by atoms with Gasteiger partial charge in [0.2, 0.25) is 0 Å². The third-order valence-electron chi connectivity index (χ3n) is 6.96. The lowest BCUT2D eigenvalue weighted by Crippen LogP contribution is -2.12. The highest BCUT2D eigenvalue weighted by Crippen LogP contribution is 2.26. The van der Waals surface area contributed by atoms with Crippen LogP contribution in [0, 0.1) is 6.57 Å². The molecule has 0 aliphatic rings. The number of hydrogen-bond donors (Lipinski definition) is 6. The van der Waals surface area contributed by atoms with E-state index in [0.717, 1.165) is 43.8 Å². The van der Waals surface area contributed by atoms with Crippen LogP contribution in [0.2, 0.25) is 0 Å². The Morgan fingerprint density at radius 2 is 1.09 bits per heavy atom. The van der Waals surface area contributed by atoms with Gasteiger partial charge in [0.15, 0.2) is 11.5 Å². The van der Waals surface area contributed by atoms with Gasteiger partial charge in [-0.05, 0) is 21.9 Å². The second kappa shape index (κ2) is 15.8. The van der Waals surface area contributed by atoms with E-state index in [1.807, 2.05) is 97.1 Å². The Hall–Kier alpha value is -6.54. The molecule has 46 heavy (non-hydrogen) atoms. The highest BCUT2D eigenvalue weighted by molar-refractivity contribution is 5.98. The predicted molar refractivity (Wildman–Crippen MR) is 188 cm³/mol. The monoisotopic (exact) mass is 608 g/mol. The van der Waals surface area contributed by atoms with Crippen molar-refractivity contribution in [2.75, 3.05) is 11.5 Å². The van der Waals surface area contributed by atoms with Crippen molar-refractivity contribution >= 4 is 69.0 Å². The third-order valence-corrected chi connectivity index (χ3v) is 6.96. The number of amidine groups is 1. The zero-order valence-corrected chi connectivity index (χ0v) is 24.7. The van der Waals surface area contributed by atoms with Crippen LogP contribution >= 0.6 is 0 Å². The molecule has 0 unspecified atom stereocenters. The van der Waals surface area contributed by atoms with E-state index < -0.39 is 0 Å². The van der Waals surface area contributed by atoms with Crippen molar-refractivity contribution in [1.82, 2.24) is 9.97 Å². The van der Waals surface area contributed by atoms with Gasteiger partial charge in [-0.3, -0.25) is 0 Å². The van der Waals surface area contributed by atoms with Crippen LogP contribution in [0.1, 0.15) is 27.8 Å². The standard InChI is InChI=1S/C18H16N4O.C18H13N3.H3NO/c19-17(22-23)13-8-5-12(6-9-13)7-10-16-15-4-2-1-3-14(15)11-21-18(16)20;1-20-15-9-6-13(7-10-15)8-11-17-16-5-3-2-4-14(16)12-21-18(17)19;1-2/h1-11,23H,(H2,19,22)(H2,20,21);2-12H,(H2,19,21);2H,1H2/b10-7+;11-8+;. The van der Waals surface area contributed by atoms with Crippen molar-refractivity contribution in [1.29, 1.82) is 0 Å². The van der Waals surface area contributed by atoms with Crippen LogP contribution in [-0.2, 0) is 0 Å². The number of nitrogens with zero attached hydrogens (tertiary/aromatic N) is 4. The van der Waals surface area contributed by atoms with Crippen LogP contribution in [0.15, 0.2) is 115 Å². The number of benzene rings is 4. The average molecular weight is 609 g/mol. The lowest BCUT2D eigenvalue weighted by Gasteiger charge is -2.05. The fourth-order valence-electron chi connectivity index (χ4n) is 4.60. The van der Waals surface area contributed by atoms with Gasteiger partial charge in [-0.1, -0.05) is 127 Å². The van der Waals surface area contributed by atoms with Gasteiger partial charge in [0, 0.05) is 39.9 Å². The molecule has 0 spiro atoms. The molecule has 2 aromatic heterocycles. The molecule has 0 aliphatic heterocycles. The second-order valence-corrected chi connectivity index (χ2v) is 9.77. The van der Waals surface area contributed by atoms with E-state index in [9.17, 15) is 0 Å². The predicted octanol–water partition coefficient (Wildman–Crippen LogP) is 6.95. The fraction of sp³-hybridized carbons (Fsp3) is 0. The molecular formula is C36H32N8O2. The Bertz CT molecular complexity index is 2060. The summed E-state index contributed by atoms with van der Waals surface area (Å²) in [5.41, 5.74) is 22.7. The van der Waals surface area contributed by atoms with Crippen LogP contribution in [0.3, 0.4) is 0 Å². The molecular weight excluding hydrogens is 576 g/mol. The molecule has 10 heteroatoms. The summed E-state index contributed by atoms with van der Waals surface area (Å²) in [6.07, 6.45) is 11.4. The van der Waals surface area contributed by atoms with Crippen LogP contribution in [-0.4, -0.2) is 26.2 Å². The van der Waals surface area contributed by atoms with Crippen LogP contribution in [0.25, 0.3) is 50.7 Å². The molecule has 0 atom stereocenters. The smallest absolute Gasteiger partial charge is 0.187 e.